The molecule has 0 bridgehead atoms. The second kappa shape index (κ2) is 4.83. The van der Waals surface area contributed by atoms with Crippen molar-refractivity contribution >= 4 is 22.9 Å². The maximum absolute atomic E-state index is 5.93. The van der Waals surface area contributed by atoms with E-state index in [0.717, 1.165) is 10.9 Å². The summed E-state index contributed by atoms with van der Waals surface area (Å²) in [4.78, 5) is 3.70. The van der Waals surface area contributed by atoms with Crippen LogP contribution in [-0.2, 0) is 0 Å². The molecule has 0 aromatic carbocycles. The van der Waals surface area contributed by atoms with Crippen LogP contribution in [0.25, 0.3) is 0 Å². The number of hydrogen-bond donors (Lipinski definition) is 1. The number of likely N-dealkylation sites (tertiary alicyclic amines) is 1. The van der Waals surface area contributed by atoms with Gasteiger partial charge in [0.2, 0.25) is 0 Å². The number of nitrogens with one attached hydrogen (secondary N) is 1. The fourth-order valence-corrected chi connectivity index (χ4v) is 3.14. The summed E-state index contributed by atoms with van der Waals surface area (Å²) in [6, 6.07) is 5.13. The van der Waals surface area contributed by atoms with Crippen LogP contribution in [0, 0.1) is 0 Å². The molecular formula is C11H17ClN2S. The van der Waals surface area contributed by atoms with Gasteiger partial charge in [-0.15, -0.1) is 11.3 Å². The molecule has 0 saturated carbocycles. The molecule has 4 heteroatoms. The third kappa shape index (κ3) is 2.94. The van der Waals surface area contributed by atoms with E-state index in [2.05, 4.69) is 30.3 Å². The molecule has 2 heterocycles. The summed E-state index contributed by atoms with van der Waals surface area (Å²) in [5.74, 6) is 0. The second-order valence-corrected chi connectivity index (χ2v) is 6.02. The van der Waals surface area contributed by atoms with Gasteiger partial charge >= 0.3 is 0 Å². The Bertz CT molecular complexity index is 326. The maximum Gasteiger partial charge on any atom is 0.0931 e. The first-order chi connectivity index (χ1) is 7.15. The minimum absolute atomic E-state index is 0.416. The predicted octanol–water partition coefficient (Wildman–Crippen LogP) is 2.76. The largest absolute Gasteiger partial charge is 0.305 e. The zero-order chi connectivity index (χ0) is 10.8. The summed E-state index contributed by atoms with van der Waals surface area (Å²) in [6.07, 6.45) is 1.25. The van der Waals surface area contributed by atoms with Gasteiger partial charge in [-0.3, -0.25) is 0 Å². The highest BCUT2D eigenvalue weighted by Crippen LogP contribution is 2.27. The lowest BCUT2D eigenvalue weighted by atomic mass is 10.2. The van der Waals surface area contributed by atoms with Gasteiger partial charge < -0.3 is 10.2 Å². The first-order valence-corrected chi connectivity index (χ1v) is 6.54. The van der Waals surface area contributed by atoms with Crippen molar-refractivity contribution in [3.05, 3.63) is 21.3 Å². The Morgan fingerprint density at radius 3 is 2.93 bits per heavy atom. The maximum atomic E-state index is 5.93. The highest BCUT2D eigenvalue weighted by Gasteiger charge is 2.21. The molecule has 2 nitrogen and oxygen atoms in total. The monoisotopic (exact) mass is 244 g/mol. The molecule has 0 aliphatic carbocycles. The average Bonchev–Trinajstić information content (AvgIpc) is 2.75. The fourth-order valence-electron chi connectivity index (χ4n) is 2.07. The highest BCUT2D eigenvalue weighted by atomic mass is 35.5. The second-order valence-electron chi connectivity index (χ2n) is 4.28. The van der Waals surface area contributed by atoms with E-state index in [-0.39, 0.29) is 0 Å². The standard InChI is InChI=1S/C11H17ClN2S/c1-8(10-3-4-11(12)15-10)13-9-5-6-14(2)7-9/h3-4,8-9,13H,5-7H2,1-2H3/t8-,9+/m0/s1. The number of rotatable bonds is 3. The Morgan fingerprint density at radius 1 is 1.60 bits per heavy atom. The third-order valence-corrected chi connectivity index (χ3v) is 4.31. The Balaban J connectivity index is 1.89. The first kappa shape index (κ1) is 11.4. The molecule has 1 aromatic heterocycles. The van der Waals surface area contributed by atoms with E-state index in [1.807, 2.05) is 6.07 Å². The van der Waals surface area contributed by atoms with Gasteiger partial charge in [0.1, 0.15) is 0 Å². The number of hydrogen-bond acceptors (Lipinski definition) is 3. The summed E-state index contributed by atoms with van der Waals surface area (Å²) in [5, 5.41) is 3.65. The van der Waals surface area contributed by atoms with Crippen LogP contribution in [0.15, 0.2) is 12.1 Å². The van der Waals surface area contributed by atoms with Gasteiger partial charge in [-0.1, -0.05) is 11.6 Å². The van der Waals surface area contributed by atoms with E-state index in [4.69, 9.17) is 11.6 Å². The van der Waals surface area contributed by atoms with Crippen LogP contribution in [0.4, 0.5) is 0 Å². The lowest BCUT2D eigenvalue weighted by Crippen LogP contribution is -2.33. The Kier molecular flexibility index (Phi) is 3.67. The Labute approximate surface area is 100 Å². The SMILES string of the molecule is C[C@H](N[C@@H]1CCN(C)C1)c1ccc(Cl)s1. The normalized spacial score (nSPS) is 24.6. The topological polar surface area (TPSA) is 15.3 Å². The quantitative estimate of drug-likeness (QED) is 0.880. The number of likely N-dealkylation sites (N-methyl/N-ethyl adjacent to an activating group) is 1. The lowest BCUT2D eigenvalue weighted by Gasteiger charge is -2.18. The third-order valence-electron chi connectivity index (χ3n) is 2.90. The van der Waals surface area contributed by atoms with E-state index in [1.165, 1.54) is 17.8 Å². The van der Waals surface area contributed by atoms with E-state index < -0.39 is 0 Å². The summed E-state index contributed by atoms with van der Waals surface area (Å²) in [6.45, 7) is 4.57. The first-order valence-electron chi connectivity index (χ1n) is 5.35. The molecular weight excluding hydrogens is 228 g/mol. The summed E-state index contributed by atoms with van der Waals surface area (Å²) >= 11 is 7.60. The molecule has 1 N–H and O–H groups in total. The fraction of sp³-hybridized carbons (Fsp3) is 0.636. The van der Waals surface area contributed by atoms with E-state index in [0.29, 0.717) is 12.1 Å². The van der Waals surface area contributed by atoms with Crippen molar-refractivity contribution < 1.29 is 0 Å². The van der Waals surface area contributed by atoms with Gasteiger partial charge in [0.05, 0.1) is 4.34 Å². The van der Waals surface area contributed by atoms with Crippen LogP contribution in [0.3, 0.4) is 0 Å². The molecule has 1 aromatic rings. The molecule has 1 aliphatic rings. The molecule has 15 heavy (non-hydrogen) atoms. The van der Waals surface area contributed by atoms with Crippen LogP contribution < -0.4 is 5.32 Å². The molecule has 0 amide bonds. The van der Waals surface area contributed by atoms with Gasteiger partial charge in [0.15, 0.2) is 0 Å². The van der Waals surface area contributed by atoms with E-state index in [1.54, 1.807) is 11.3 Å². The van der Waals surface area contributed by atoms with Crippen molar-refractivity contribution in [3.63, 3.8) is 0 Å². The van der Waals surface area contributed by atoms with Gasteiger partial charge in [-0.05, 0) is 39.1 Å². The zero-order valence-electron chi connectivity index (χ0n) is 9.16. The minimum atomic E-state index is 0.416. The van der Waals surface area contributed by atoms with Gasteiger partial charge in [-0.2, -0.15) is 0 Å². The van der Waals surface area contributed by atoms with Gasteiger partial charge in [-0.25, -0.2) is 0 Å². The molecule has 1 fully saturated rings. The number of nitrogens with zero attached hydrogens (tertiary/aromatic N) is 1. The smallest absolute Gasteiger partial charge is 0.0931 e. The zero-order valence-corrected chi connectivity index (χ0v) is 10.7. The Morgan fingerprint density at radius 2 is 2.40 bits per heavy atom. The average molecular weight is 245 g/mol. The molecule has 2 rings (SSSR count). The van der Waals surface area contributed by atoms with Crippen molar-refractivity contribution in [2.45, 2.75) is 25.4 Å². The number of thiophene rings is 1. The summed E-state index contributed by atoms with van der Waals surface area (Å²) in [7, 11) is 2.17. The van der Waals surface area contributed by atoms with Gasteiger partial charge in [0, 0.05) is 23.5 Å². The van der Waals surface area contributed by atoms with Crippen molar-refractivity contribution in [2.75, 3.05) is 20.1 Å². The van der Waals surface area contributed by atoms with Crippen molar-refractivity contribution in [1.82, 2.24) is 10.2 Å². The summed E-state index contributed by atoms with van der Waals surface area (Å²) in [5.41, 5.74) is 0. The minimum Gasteiger partial charge on any atom is -0.305 e. The highest BCUT2D eigenvalue weighted by molar-refractivity contribution is 7.16. The summed E-state index contributed by atoms with van der Waals surface area (Å²) < 4.78 is 0.877. The van der Waals surface area contributed by atoms with Crippen LogP contribution in [0.1, 0.15) is 24.3 Å². The van der Waals surface area contributed by atoms with Crippen LogP contribution in [0.2, 0.25) is 4.34 Å². The lowest BCUT2D eigenvalue weighted by molar-refractivity contribution is 0.388. The van der Waals surface area contributed by atoms with Crippen molar-refractivity contribution in [2.24, 2.45) is 0 Å². The van der Waals surface area contributed by atoms with Gasteiger partial charge in [0.25, 0.3) is 0 Å². The number of halogens is 1. The molecule has 84 valence electrons. The molecule has 1 aliphatic heterocycles. The molecule has 0 unspecified atom stereocenters. The molecule has 2 atom stereocenters. The van der Waals surface area contributed by atoms with Crippen molar-refractivity contribution in [1.29, 1.82) is 0 Å². The van der Waals surface area contributed by atoms with Crippen molar-refractivity contribution in [3.8, 4) is 0 Å². The van der Waals surface area contributed by atoms with E-state index >= 15 is 0 Å². The van der Waals surface area contributed by atoms with E-state index in [9.17, 15) is 0 Å². The Hall–Kier alpha value is -0.0900. The molecule has 0 radical (unpaired) electrons. The van der Waals surface area contributed by atoms with Crippen LogP contribution in [-0.4, -0.2) is 31.1 Å². The van der Waals surface area contributed by atoms with Crippen LogP contribution in [0.5, 0.6) is 0 Å². The predicted molar refractivity (Wildman–Crippen MR) is 66.8 cm³/mol. The van der Waals surface area contributed by atoms with Crippen LogP contribution >= 0.6 is 22.9 Å². The molecule has 1 saturated heterocycles. The molecule has 0 spiro atoms.